The Kier molecular flexibility index (Phi) is 8.71. The van der Waals surface area contributed by atoms with Gasteiger partial charge in [0.2, 0.25) is 5.88 Å². The molecule has 0 radical (unpaired) electrons. The van der Waals surface area contributed by atoms with Gasteiger partial charge in [-0.05, 0) is 23.3 Å². The highest BCUT2D eigenvalue weighted by Gasteiger charge is 2.02. The predicted molar refractivity (Wildman–Crippen MR) is 105 cm³/mol. The van der Waals surface area contributed by atoms with Gasteiger partial charge in [0.1, 0.15) is 0 Å². The van der Waals surface area contributed by atoms with Crippen molar-refractivity contribution < 1.29 is 4.74 Å². The highest BCUT2D eigenvalue weighted by atomic mass is 127. The number of nitrogens with one attached hydrogen (secondary N) is 2. The quantitative estimate of drug-likeness (QED) is 0.421. The Morgan fingerprint density at radius 2 is 1.96 bits per heavy atom. The number of halogens is 2. The van der Waals surface area contributed by atoms with E-state index in [1.807, 2.05) is 36.4 Å². The molecule has 124 valence electrons. The number of nitrogens with zero attached hydrogens (tertiary/aromatic N) is 2. The van der Waals surface area contributed by atoms with Crippen LogP contribution in [0.3, 0.4) is 0 Å². The van der Waals surface area contributed by atoms with Gasteiger partial charge in [-0.3, -0.25) is 4.99 Å². The Morgan fingerprint density at radius 3 is 2.65 bits per heavy atom. The third-order valence-electron chi connectivity index (χ3n) is 3.10. The number of aliphatic imine (C=N–C) groups is 1. The van der Waals surface area contributed by atoms with Gasteiger partial charge in [-0.15, -0.1) is 24.0 Å². The molecule has 0 fully saturated rings. The van der Waals surface area contributed by atoms with Crippen molar-refractivity contribution in [2.24, 2.45) is 4.99 Å². The number of ether oxygens (including phenoxy) is 1. The van der Waals surface area contributed by atoms with Crippen molar-refractivity contribution in [3.05, 3.63) is 58.7 Å². The van der Waals surface area contributed by atoms with Crippen LogP contribution in [0.5, 0.6) is 5.88 Å². The Labute approximate surface area is 158 Å². The number of rotatable bonds is 5. The van der Waals surface area contributed by atoms with Crippen LogP contribution in [-0.4, -0.2) is 25.1 Å². The molecule has 0 bridgehead atoms. The van der Waals surface area contributed by atoms with E-state index in [0.29, 0.717) is 24.9 Å². The molecule has 0 atom stereocenters. The van der Waals surface area contributed by atoms with Crippen molar-refractivity contribution in [3.8, 4) is 5.88 Å². The first-order valence-electron chi connectivity index (χ1n) is 6.89. The molecule has 1 heterocycles. The number of guanidine groups is 1. The summed E-state index contributed by atoms with van der Waals surface area (Å²) >= 11 is 6.14. The van der Waals surface area contributed by atoms with E-state index < -0.39 is 0 Å². The van der Waals surface area contributed by atoms with Crippen molar-refractivity contribution in [1.82, 2.24) is 15.6 Å². The first-order chi connectivity index (χ1) is 10.7. The monoisotopic (exact) mass is 446 g/mol. The molecular formula is C16H20ClIN4O. The third kappa shape index (κ3) is 6.23. The summed E-state index contributed by atoms with van der Waals surface area (Å²) in [7, 11) is 3.33. The summed E-state index contributed by atoms with van der Waals surface area (Å²) < 4.78 is 5.11. The molecular weight excluding hydrogens is 427 g/mol. The molecule has 7 heteroatoms. The standard InChI is InChI=1S/C16H19ClN4O.HI/c1-18-16(21-11-13-5-3-4-6-14(13)17)20-10-12-7-8-19-15(9-12)22-2;/h3-9H,10-11H2,1-2H3,(H2,18,20,21);1H. The number of pyridine rings is 1. The van der Waals surface area contributed by atoms with Crippen LogP contribution >= 0.6 is 35.6 Å². The van der Waals surface area contributed by atoms with Crippen molar-refractivity contribution in [3.63, 3.8) is 0 Å². The van der Waals surface area contributed by atoms with Crippen molar-refractivity contribution in [2.75, 3.05) is 14.2 Å². The molecule has 2 rings (SSSR count). The summed E-state index contributed by atoms with van der Waals surface area (Å²) in [6.07, 6.45) is 1.72. The normalized spacial score (nSPS) is 10.7. The largest absolute Gasteiger partial charge is 0.481 e. The zero-order chi connectivity index (χ0) is 15.8. The summed E-state index contributed by atoms with van der Waals surface area (Å²) in [5, 5.41) is 7.21. The van der Waals surface area contributed by atoms with Crippen molar-refractivity contribution >= 4 is 41.5 Å². The lowest BCUT2D eigenvalue weighted by molar-refractivity contribution is 0.397. The number of hydrogen-bond donors (Lipinski definition) is 2. The van der Waals surface area contributed by atoms with Gasteiger partial charge in [-0.25, -0.2) is 4.98 Å². The van der Waals surface area contributed by atoms with Crippen LogP contribution in [0, 0.1) is 0 Å². The lowest BCUT2D eigenvalue weighted by Gasteiger charge is -2.13. The van der Waals surface area contributed by atoms with E-state index in [-0.39, 0.29) is 24.0 Å². The second-order valence-electron chi connectivity index (χ2n) is 4.58. The maximum absolute atomic E-state index is 6.14. The molecule has 0 unspecified atom stereocenters. The smallest absolute Gasteiger partial charge is 0.213 e. The minimum Gasteiger partial charge on any atom is -0.481 e. The molecule has 0 aliphatic rings. The predicted octanol–water partition coefficient (Wildman–Crippen LogP) is 3.23. The fourth-order valence-corrected chi connectivity index (χ4v) is 2.10. The van der Waals surface area contributed by atoms with E-state index in [9.17, 15) is 0 Å². The summed E-state index contributed by atoms with van der Waals surface area (Å²) in [4.78, 5) is 8.28. The Balaban J connectivity index is 0.00000264. The first-order valence-corrected chi connectivity index (χ1v) is 7.27. The zero-order valence-electron chi connectivity index (χ0n) is 13.0. The molecule has 23 heavy (non-hydrogen) atoms. The lowest BCUT2D eigenvalue weighted by atomic mass is 10.2. The van der Waals surface area contributed by atoms with Crippen LogP contribution in [0.15, 0.2) is 47.6 Å². The van der Waals surface area contributed by atoms with E-state index in [2.05, 4.69) is 20.6 Å². The van der Waals surface area contributed by atoms with Crippen molar-refractivity contribution in [2.45, 2.75) is 13.1 Å². The fraction of sp³-hybridized carbons (Fsp3) is 0.250. The molecule has 0 spiro atoms. The van der Waals surface area contributed by atoms with Crippen LogP contribution in [0.4, 0.5) is 0 Å². The summed E-state index contributed by atoms with van der Waals surface area (Å²) in [6.45, 7) is 1.24. The van der Waals surface area contributed by atoms with E-state index in [1.165, 1.54) is 0 Å². The Hall–Kier alpha value is -1.54. The Bertz CT molecular complexity index is 651. The van der Waals surface area contributed by atoms with E-state index in [0.717, 1.165) is 16.1 Å². The van der Waals surface area contributed by atoms with Gasteiger partial charge < -0.3 is 15.4 Å². The molecule has 0 aliphatic carbocycles. The van der Waals surface area contributed by atoms with Crippen LogP contribution in [-0.2, 0) is 13.1 Å². The number of methoxy groups -OCH3 is 1. The number of hydrogen-bond acceptors (Lipinski definition) is 3. The maximum atomic E-state index is 6.14. The van der Waals surface area contributed by atoms with Gasteiger partial charge in [0.15, 0.2) is 5.96 Å². The molecule has 2 N–H and O–H groups in total. The zero-order valence-corrected chi connectivity index (χ0v) is 16.1. The third-order valence-corrected chi connectivity index (χ3v) is 3.46. The fourth-order valence-electron chi connectivity index (χ4n) is 1.90. The van der Waals surface area contributed by atoms with Crippen LogP contribution in [0.1, 0.15) is 11.1 Å². The van der Waals surface area contributed by atoms with Crippen molar-refractivity contribution in [1.29, 1.82) is 0 Å². The average Bonchev–Trinajstić information content (AvgIpc) is 2.56. The van der Waals surface area contributed by atoms with Gasteiger partial charge in [0.05, 0.1) is 7.11 Å². The number of benzene rings is 1. The lowest BCUT2D eigenvalue weighted by Crippen LogP contribution is -2.36. The maximum Gasteiger partial charge on any atom is 0.213 e. The van der Waals surface area contributed by atoms with E-state index >= 15 is 0 Å². The second kappa shape index (κ2) is 10.3. The molecule has 0 saturated carbocycles. The van der Waals surface area contributed by atoms with E-state index in [1.54, 1.807) is 20.4 Å². The average molecular weight is 447 g/mol. The van der Waals surface area contributed by atoms with E-state index in [4.69, 9.17) is 16.3 Å². The molecule has 0 aliphatic heterocycles. The minimum absolute atomic E-state index is 0. The Morgan fingerprint density at radius 1 is 1.22 bits per heavy atom. The van der Waals surface area contributed by atoms with Gasteiger partial charge in [-0.1, -0.05) is 29.8 Å². The summed E-state index contributed by atoms with van der Waals surface area (Å²) in [5.41, 5.74) is 2.09. The number of aromatic nitrogens is 1. The van der Waals surface area contributed by atoms with Crippen LogP contribution in [0.2, 0.25) is 5.02 Å². The first kappa shape index (κ1) is 19.5. The topological polar surface area (TPSA) is 58.5 Å². The highest BCUT2D eigenvalue weighted by Crippen LogP contribution is 2.14. The molecule has 2 aromatic rings. The summed E-state index contributed by atoms with van der Waals surface area (Å²) in [5.74, 6) is 1.30. The molecule has 1 aromatic carbocycles. The SMILES string of the molecule is CN=C(NCc1ccnc(OC)c1)NCc1ccccc1Cl.I. The molecule has 1 aromatic heterocycles. The second-order valence-corrected chi connectivity index (χ2v) is 4.98. The van der Waals surface area contributed by atoms with Gasteiger partial charge in [0.25, 0.3) is 0 Å². The van der Waals surface area contributed by atoms with Crippen LogP contribution < -0.4 is 15.4 Å². The van der Waals surface area contributed by atoms with Crippen LogP contribution in [0.25, 0.3) is 0 Å². The highest BCUT2D eigenvalue weighted by molar-refractivity contribution is 14.0. The van der Waals surface area contributed by atoms with Gasteiger partial charge in [-0.2, -0.15) is 0 Å². The molecule has 0 amide bonds. The molecule has 0 saturated heterocycles. The van der Waals surface area contributed by atoms with Gasteiger partial charge in [0, 0.05) is 37.4 Å². The molecule has 5 nitrogen and oxygen atoms in total. The van der Waals surface area contributed by atoms with Gasteiger partial charge >= 0.3 is 0 Å². The minimum atomic E-state index is 0. The summed E-state index contributed by atoms with van der Waals surface area (Å²) in [6, 6.07) is 11.5.